The average Bonchev–Trinajstić information content (AvgIpc) is 2.89. The number of benzene rings is 3. The largest absolute Gasteiger partial charge is 0.378 e. The van der Waals surface area contributed by atoms with Gasteiger partial charge >= 0.3 is 0 Å². The number of nitro benzene ring substituents is 1. The van der Waals surface area contributed by atoms with Crippen LogP contribution in [0.3, 0.4) is 0 Å². The van der Waals surface area contributed by atoms with Gasteiger partial charge in [-0.3, -0.25) is 19.7 Å². The maximum absolute atomic E-state index is 12.8. The molecule has 0 bridgehead atoms. The standard InChI is InChI=1S/C27H25N5O4/c1-31(2)23-16-14-20(15-17-23)19-24(29-26(33)22-10-4-3-5-11-22)27(34)30-28-18-8-12-21-9-6-7-13-25(21)32(35)36/h3-19H,1-2H3,(H,29,33)(H,30,34). The Morgan fingerprint density at radius 3 is 2.28 bits per heavy atom. The normalized spacial score (nSPS) is 11.4. The number of anilines is 1. The van der Waals surface area contributed by atoms with Gasteiger partial charge in [0.05, 0.1) is 10.5 Å². The Balaban J connectivity index is 1.76. The van der Waals surface area contributed by atoms with Gasteiger partial charge in [-0.15, -0.1) is 0 Å². The second-order valence-corrected chi connectivity index (χ2v) is 7.76. The van der Waals surface area contributed by atoms with Crippen LogP contribution < -0.4 is 15.6 Å². The highest BCUT2D eigenvalue weighted by Gasteiger charge is 2.14. The number of rotatable bonds is 9. The lowest BCUT2D eigenvalue weighted by molar-refractivity contribution is -0.385. The van der Waals surface area contributed by atoms with E-state index in [1.165, 1.54) is 24.4 Å². The molecule has 2 N–H and O–H groups in total. The molecule has 0 aliphatic rings. The van der Waals surface area contributed by atoms with Crippen LogP contribution in [0.2, 0.25) is 0 Å². The maximum atomic E-state index is 12.8. The molecule has 3 rings (SSSR count). The number of nitro groups is 1. The first-order valence-corrected chi connectivity index (χ1v) is 10.9. The zero-order valence-electron chi connectivity index (χ0n) is 19.8. The van der Waals surface area contributed by atoms with Crippen molar-refractivity contribution >= 4 is 41.6 Å². The molecule has 9 nitrogen and oxygen atoms in total. The van der Waals surface area contributed by atoms with Gasteiger partial charge in [-0.2, -0.15) is 5.10 Å². The van der Waals surface area contributed by atoms with Crippen molar-refractivity contribution in [1.29, 1.82) is 0 Å². The molecule has 0 radical (unpaired) electrons. The van der Waals surface area contributed by atoms with Gasteiger partial charge in [-0.25, -0.2) is 5.43 Å². The summed E-state index contributed by atoms with van der Waals surface area (Å²) in [7, 11) is 3.85. The van der Waals surface area contributed by atoms with Gasteiger partial charge in [0.25, 0.3) is 17.5 Å². The average molecular weight is 484 g/mol. The number of para-hydroxylation sites is 1. The van der Waals surface area contributed by atoms with Crippen LogP contribution in [-0.4, -0.2) is 37.0 Å². The summed E-state index contributed by atoms with van der Waals surface area (Å²) in [6.45, 7) is 0. The SMILES string of the molecule is CN(C)c1ccc(C=C(NC(=O)c2ccccc2)C(=O)NN=CC=Cc2ccccc2[N+](=O)[O-])cc1. The molecule has 0 aromatic heterocycles. The zero-order chi connectivity index (χ0) is 25.9. The van der Waals surface area contributed by atoms with Gasteiger partial charge in [0.15, 0.2) is 0 Å². The lowest BCUT2D eigenvalue weighted by Crippen LogP contribution is -2.32. The first kappa shape index (κ1) is 25.6. The first-order valence-electron chi connectivity index (χ1n) is 10.9. The Morgan fingerprint density at radius 1 is 0.944 bits per heavy atom. The van der Waals surface area contributed by atoms with Gasteiger partial charge in [0, 0.05) is 37.6 Å². The Hall–Kier alpha value is -5.05. The molecule has 0 spiro atoms. The number of amides is 2. The molecule has 0 atom stereocenters. The molecule has 0 aliphatic carbocycles. The monoisotopic (exact) mass is 483 g/mol. The molecule has 0 fully saturated rings. The molecule has 0 saturated heterocycles. The molecular formula is C27H25N5O4. The van der Waals surface area contributed by atoms with Gasteiger partial charge in [0.1, 0.15) is 5.70 Å². The second-order valence-electron chi connectivity index (χ2n) is 7.76. The molecule has 3 aromatic carbocycles. The van der Waals surface area contributed by atoms with Crippen molar-refractivity contribution in [1.82, 2.24) is 10.7 Å². The van der Waals surface area contributed by atoms with Crippen molar-refractivity contribution < 1.29 is 14.5 Å². The molecule has 0 unspecified atom stereocenters. The number of carbonyl (C=O) groups excluding carboxylic acids is 2. The van der Waals surface area contributed by atoms with E-state index in [-0.39, 0.29) is 11.4 Å². The van der Waals surface area contributed by atoms with Crippen molar-refractivity contribution in [3.63, 3.8) is 0 Å². The van der Waals surface area contributed by atoms with Crippen LogP contribution in [0.1, 0.15) is 21.5 Å². The lowest BCUT2D eigenvalue weighted by atomic mass is 10.1. The fourth-order valence-corrected chi connectivity index (χ4v) is 3.12. The van der Waals surface area contributed by atoms with Crippen LogP contribution in [0.15, 0.2) is 95.7 Å². The summed E-state index contributed by atoms with van der Waals surface area (Å²) in [6.07, 6.45) is 5.81. The highest BCUT2D eigenvalue weighted by molar-refractivity contribution is 6.05. The van der Waals surface area contributed by atoms with Crippen molar-refractivity contribution in [2.75, 3.05) is 19.0 Å². The molecule has 36 heavy (non-hydrogen) atoms. The van der Waals surface area contributed by atoms with Crippen molar-refractivity contribution in [2.24, 2.45) is 5.10 Å². The summed E-state index contributed by atoms with van der Waals surface area (Å²) >= 11 is 0. The molecule has 0 aliphatic heterocycles. The summed E-state index contributed by atoms with van der Waals surface area (Å²) in [5.41, 5.74) is 4.82. The number of hydrazone groups is 1. The molecular weight excluding hydrogens is 458 g/mol. The van der Waals surface area contributed by atoms with Crippen LogP contribution in [-0.2, 0) is 4.79 Å². The van der Waals surface area contributed by atoms with E-state index < -0.39 is 16.7 Å². The fourth-order valence-electron chi connectivity index (χ4n) is 3.12. The van der Waals surface area contributed by atoms with Gasteiger partial charge < -0.3 is 10.2 Å². The van der Waals surface area contributed by atoms with Crippen LogP contribution in [0, 0.1) is 10.1 Å². The molecule has 0 saturated carbocycles. The predicted molar refractivity (Wildman–Crippen MR) is 141 cm³/mol. The van der Waals surface area contributed by atoms with Crippen molar-refractivity contribution in [2.45, 2.75) is 0 Å². The summed E-state index contributed by atoms with van der Waals surface area (Å²) in [5.74, 6) is -1.08. The summed E-state index contributed by atoms with van der Waals surface area (Å²) < 4.78 is 0. The number of hydrogen-bond donors (Lipinski definition) is 2. The smallest absolute Gasteiger partial charge is 0.287 e. The highest BCUT2D eigenvalue weighted by Crippen LogP contribution is 2.18. The van der Waals surface area contributed by atoms with E-state index in [4.69, 9.17) is 0 Å². The van der Waals surface area contributed by atoms with Crippen molar-refractivity contribution in [3.05, 3.63) is 117 Å². The molecule has 3 aromatic rings. The minimum absolute atomic E-state index is 0.00119. The van der Waals surface area contributed by atoms with E-state index in [1.54, 1.807) is 54.6 Å². The molecule has 182 valence electrons. The lowest BCUT2D eigenvalue weighted by Gasteiger charge is -2.12. The van der Waals surface area contributed by atoms with E-state index in [0.29, 0.717) is 16.7 Å². The van der Waals surface area contributed by atoms with Crippen LogP contribution in [0.4, 0.5) is 11.4 Å². The summed E-state index contributed by atoms with van der Waals surface area (Å²) in [5, 5.41) is 17.6. The van der Waals surface area contributed by atoms with E-state index in [0.717, 1.165) is 5.69 Å². The topological polar surface area (TPSA) is 117 Å². The Labute approximate surface area is 208 Å². The maximum Gasteiger partial charge on any atom is 0.287 e. The quantitative estimate of drug-likeness (QED) is 0.204. The first-order chi connectivity index (χ1) is 17.3. The third-order valence-corrected chi connectivity index (χ3v) is 4.99. The fraction of sp³-hybridized carbons (Fsp3) is 0.0741. The number of nitrogens with one attached hydrogen (secondary N) is 2. The molecule has 2 amide bonds. The molecule has 0 heterocycles. The zero-order valence-corrected chi connectivity index (χ0v) is 19.8. The Morgan fingerprint density at radius 2 is 1.61 bits per heavy atom. The van der Waals surface area contributed by atoms with Crippen LogP contribution in [0.25, 0.3) is 12.2 Å². The Bertz CT molecular complexity index is 1310. The third-order valence-electron chi connectivity index (χ3n) is 4.99. The third kappa shape index (κ3) is 7.22. The summed E-state index contributed by atoms with van der Waals surface area (Å²) in [6, 6.07) is 22.2. The van der Waals surface area contributed by atoms with E-state index >= 15 is 0 Å². The minimum Gasteiger partial charge on any atom is -0.378 e. The number of nitrogens with zero attached hydrogens (tertiary/aromatic N) is 3. The van der Waals surface area contributed by atoms with E-state index in [2.05, 4.69) is 15.8 Å². The van der Waals surface area contributed by atoms with Crippen LogP contribution >= 0.6 is 0 Å². The highest BCUT2D eigenvalue weighted by atomic mass is 16.6. The molecule has 9 heteroatoms. The van der Waals surface area contributed by atoms with Gasteiger partial charge in [-0.1, -0.05) is 42.5 Å². The second kappa shape index (κ2) is 12.4. The predicted octanol–water partition coefficient (Wildman–Crippen LogP) is 4.25. The number of hydrogen-bond acceptors (Lipinski definition) is 6. The number of carbonyl (C=O) groups is 2. The van der Waals surface area contributed by atoms with Crippen LogP contribution in [0.5, 0.6) is 0 Å². The Kier molecular flexibility index (Phi) is 8.82. The number of allylic oxidation sites excluding steroid dienone is 1. The van der Waals surface area contributed by atoms with Crippen molar-refractivity contribution in [3.8, 4) is 0 Å². The van der Waals surface area contributed by atoms with E-state index in [1.807, 2.05) is 43.3 Å². The summed E-state index contributed by atoms with van der Waals surface area (Å²) in [4.78, 5) is 38.1. The van der Waals surface area contributed by atoms with Gasteiger partial charge in [0.2, 0.25) is 0 Å². The van der Waals surface area contributed by atoms with Gasteiger partial charge in [-0.05, 0) is 54.1 Å². The minimum atomic E-state index is -0.633. The van der Waals surface area contributed by atoms with E-state index in [9.17, 15) is 19.7 Å².